The molecule has 0 atom stereocenters. The molecule has 1 aliphatic rings. The molecule has 1 heterocycles. The van der Waals surface area contributed by atoms with Crippen LogP contribution in [0.4, 0.5) is 11.4 Å². The van der Waals surface area contributed by atoms with E-state index in [1.165, 1.54) is 6.20 Å². The number of nitrogens with two attached hydrogens (primary N) is 2. The number of aromatic amines is 1. The first-order valence-corrected chi connectivity index (χ1v) is 10.7. The van der Waals surface area contributed by atoms with E-state index in [-0.39, 0.29) is 5.56 Å². The summed E-state index contributed by atoms with van der Waals surface area (Å²) < 4.78 is 0. The molecule has 5 nitrogen and oxygen atoms in total. The fourth-order valence-electron chi connectivity index (χ4n) is 5.17. The van der Waals surface area contributed by atoms with Crippen molar-refractivity contribution in [2.24, 2.45) is 0 Å². The Labute approximate surface area is 187 Å². The molecule has 0 saturated heterocycles. The van der Waals surface area contributed by atoms with Crippen LogP contribution in [-0.2, 0) is 5.41 Å². The molecule has 0 saturated carbocycles. The fraction of sp³-hybridized carbons (Fsp3) is 0.185. The number of rotatable bonds is 2. The molecule has 5 N–H and O–H groups in total. The minimum atomic E-state index is -0.706. The summed E-state index contributed by atoms with van der Waals surface area (Å²) in [7, 11) is 0. The van der Waals surface area contributed by atoms with Crippen LogP contribution in [0.1, 0.15) is 44.6 Å². The normalized spacial score (nSPS) is 13.6. The molecule has 1 aromatic heterocycles. The van der Waals surface area contributed by atoms with Crippen LogP contribution in [0, 0.1) is 27.7 Å². The third-order valence-corrected chi connectivity index (χ3v) is 6.80. The number of hydrogen-bond acceptors (Lipinski definition) is 4. The van der Waals surface area contributed by atoms with Gasteiger partial charge in [-0.05, 0) is 66.6 Å². The number of aromatic nitrogens is 2. The summed E-state index contributed by atoms with van der Waals surface area (Å²) in [5, 5.41) is 0. The van der Waals surface area contributed by atoms with Crippen LogP contribution >= 0.6 is 0 Å². The zero-order valence-electron chi connectivity index (χ0n) is 18.7. The van der Waals surface area contributed by atoms with E-state index in [1.807, 2.05) is 45.9 Å². The molecule has 5 rings (SSSR count). The largest absolute Gasteiger partial charge is 0.398 e. The Morgan fingerprint density at radius 3 is 1.84 bits per heavy atom. The Hall–Kier alpha value is -3.86. The first-order valence-electron chi connectivity index (χ1n) is 10.7. The van der Waals surface area contributed by atoms with Crippen molar-refractivity contribution >= 4 is 11.4 Å². The highest BCUT2D eigenvalue weighted by molar-refractivity contribution is 5.83. The van der Waals surface area contributed by atoms with Crippen molar-refractivity contribution in [1.82, 2.24) is 9.97 Å². The van der Waals surface area contributed by atoms with Crippen LogP contribution < -0.4 is 17.0 Å². The van der Waals surface area contributed by atoms with Crippen molar-refractivity contribution in [3.63, 3.8) is 0 Å². The minimum absolute atomic E-state index is 0.219. The number of nitrogen functional groups attached to an aromatic ring is 2. The number of benzene rings is 3. The average molecular weight is 423 g/mol. The van der Waals surface area contributed by atoms with Gasteiger partial charge in [0.2, 0.25) is 0 Å². The number of H-pyrrole nitrogens is 1. The van der Waals surface area contributed by atoms with Crippen molar-refractivity contribution in [3.05, 3.63) is 110 Å². The third-order valence-electron chi connectivity index (χ3n) is 6.80. The molecule has 0 unspecified atom stereocenters. The maximum absolute atomic E-state index is 12.3. The zero-order valence-corrected chi connectivity index (χ0v) is 18.7. The van der Waals surface area contributed by atoms with Crippen molar-refractivity contribution in [3.8, 4) is 11.3 Å². The van der Waals surface area contributed by atoms with E-state index in [0.29, 0.717) is 0 Å². The number of anilines is 2. The van der Waals surface area contributed by atoms with Crippen LogP contribution in [0.15, 0.2) is 59.5 Å². The molecule has 0 aliphatic heterocycles. The summed E-state index contributed by atoms with van der Waals surface area (Å²) in [5.41, 5.74) is 23.1. The highest BCUT2D eigenvalue weighted by atomic mass is 16.1. The molecule has 0 radical (unpaired) electrons. The molecule has 5 heteroatoms. The molecule has 0 amide bonds. The Kier molecular flexibility index (Phi) is 4.28. The van der Waals surface area contributed by atoms with Crippen molar-refractivity contribution < 1.29 is 0 Å². The maximum atomic E-state index is 12.3. The van der Waals surface area contributed by atoms with Gasteiger partial charge in [0.15, 0.2) is 0 Å². The standard InChI is InChI=1S/C27H26N4O/c1-14-9-18(10-15(2)23(14)28)27(19-11-16(3)24(29)17(4)12-19)21-8-6-5-7-20(21)25-26(27)30-13-22(32)31-25/h5-13H,28-29H2,1-4H3,(H,31,32). The molecule has 4 aromatic rings. The molecule has 1 aliphatic carbocycles. The number of hydrogen-bond donors (Lipinski definition) is 3. The number of fused-ring (bicyclic) bond motifs is 3. The van der Waals surface area contributed by atoms with E-state index in [4.69, 9.17) is 16.5 Å². The number of nitrogens with zero attached hydrogens (tertiary/aromatic N) is 1. The number of nitrogens with one attached hydrogen (secondary N) is 1. The first-order chi connectivity index (χ1) is 15.2. The lowest BCUT2D eigenvalue weighted by Crippen LogP contribution is -2.31. The first kappa shape index (κ1) is 20.1. The SMILES string of the molecule is Cc1cc(C2(c3cc(C)c(N)c(C)c3)c3ccccc3-c3[nH]c(=O)cnc32)cc(C)c1N. The van der Waals surface area contributed by atoms with E-state index in [0.717, 1.165) is 67.3 Å². The summed E-state index contributed by atoms with van der Waals surface area (Å²) in [6.07, 6.45) is 1.37. The van der Waals surface area contributed by atoms with Gasteiger partial charge in [0.05, 0.1) is 23.0 Å². The lowest BCUT2D eigenvalue weighted by atomic mass is 9.68. The molecule has 0 spiro atoms. The topological polar surface area (TPSA) is 97.8 Å². The Balaban J connectivity index is 2.02. The predicted molar refractivity (Wildman–Crippen MR) is 130 cm³/mol. The van der Waals surface area contributed by atoms with Gasteiger partial charge in [-0.2, -0.15) is 0 Å². The van der Waals surface area contributed by atoms with Gasteiger partial charge in [0.1, 0.15) is 0 Å². The third kappa shape index (κ3) is 2.57. The van der Waals surface area contributed by atoms with Gasteiger partial charge >= 0.3 is 0 Å². The van der Waals surface area contributed by atoms with Gasteiger partial charge in [-0.3, -0.25) is 9.78 Å². The molecule has 0 bridgehead atoms. The molecular formula is C27H26N4O. The predicted octanol–water partition coefficient (Wildman–Crippen LogP) is 4.53. The Morgan fingerprint density at radius 1 is 0.812 bits per heavy atom. The van der Waals surface area contributed by atoms with Crippen molar-refractivity contribution in [2.45, 2.75) is 33.1 Å². The minimum Gasteiger partial charge on any atom is -0.398 e. The van der Waals surface area contributed by atoms with Gasteiger partial charge in [0, 0.05) is 16.9 Å². The smallest absolute Gasteiger partial charge is 0.266 e. The second-order valence-corrected chi connectivity index (χ2v) is 8.81. The summed E-state index contributed by atoms with van der Waals surface area (Å²) >= 11 is 0. The quantitative estimate of drug-likeness (QED) is 0.364. The van der Waals surface area contributed by atoms with Crippen LogP contribution in [0.5, 0.6) is 0 Å². The molecule has 160 valence electrons. The van der Waals surface area contributed by atoms with Gasteiger partial charge in [0.25, 0.3) is 5.56 Å². The van der Waals surface area contributed by atoms with E-state index in [1.54, 1.807) is 0 Å². The van der Waals surface area contributed by atoms with Crippen molar-refractivity contribution in [1.29, 1.82) is 0 Å². The zero-order chi connectivity index (χ0) is 22.8. The molecule has 32 heavy (non-hydrogen) atoms. The highest BCUT2D eigenvalue weighted by Gasteiger charge is 2.48. The van der Waals surface area contributed by atoms with Gasteiger partial charge in [-0.25, -0.2) is 0 Å². The van der Waals surface area contributed by atoms with Gasteiger partial charge in [-0.1, -0.05) is 48.5 Å². The van der Waals surface area contributed by atoms with Gasteiger partial charge in [-0.15, -0.1) is 0 Å². The van der Waals surface area contributed by atoms with Crippen LogP contribution in [0.3, 0.4) is 0 Å². The highest BCUT2D eigenvalue weighted by Crippen LogP contribution is 2.55. The molecule has 3 aromatic carbocycles. The maximum Gasteiger partial charge on any atom is 0.266 e. The lowest BCUT2D eigenvalue weighted by molar-refractivity contribution is 0.730. The summed E-state index contributed by atoms with van der Waals surface area (Å²) in [4.78, 5) is 20.1. The second kappa shape index (κ2) is 6.82. The Bertz CT molecular complexity index is 1360. The van der Waals surface area contributed by atoms with Crippen LogP contribution in [-0.4, -0.2) is 9.97 Å². The fourth-order valence-corrected chi connectivity index (χ4v) is 5.17. The lowest BCUT2D eigenvalue weighted by Gasteiger charge is -2.34. The summed E-state index contributed by atoms with van der Waals surface area (Å²) in [6, 6.07) is 16.8. The van der Waals surface area contributed by atoms with E-state index >= 15 is 0 Å². The van der Waals surface area contributed by atoms with E-state index < -0.39 is 5.41 Å². The second-order valence-electron chi connectivity index (χ2n) is 8.81. The average Bonchev–Trinajstić information content (AvgIpc) is 3.05. The summed E-state index contributed by atoms with van der Waals surface area (Å²) in [5.74, 6) is 0. The number of aryl methyl sites for hydroxylation is 4. The summed E-state index contributed by atoms with van der Waals surface area (Å²) in [6.45, 7) is 8.12. The van der Waals surface area contributed by atoms with E-state index in [9.17, 15) is 4.79 Å². The van der Waals surface area contributed by atoms with Gasteiger partial charge < -0.3 is 16.5 Å². The molecule has 0 fully saturated rings. The van der Waals surface area contributed by atoms with Crippen LogP contribution in [0.2, 0.25) is 0 Å². The Morgan fingerprint density at radius 2 is 1.31 bits per heavy atom. The monoisotopic (exact) mass is 422 g/mol. The van der Waals surface area contributed by atoms with E-state index in [2.05, 4.69) is 35.3 Å². The van der Waals surface area contributed by atoms with Crippen LogP contribution in [0.25, 0.3) is 11.3 Å². The van der Waals surface area contributed by atoms with Crippen molar-refractivity contribution in [2.75, 3.05) is 11.5 Å². The molecular weight excluding hydrogens is 396 g/mol.